The third-order valence-electron chi connectivity index (χ3n) is 2.82. The van der Waals surface area contributed by atoms with Crippen LogP contribution in [0.5, 0.6) is 0 Å². The molecule has 1 aromatic carbocycles. The van der Waals surface area contributed by atoms with Crippen molar-refractivity contribution in [2.24, 2.45) is 0 Å². The molecule has 6 nitrogen and oxygen atoms in total. The lowest BCUT2D eigenvalue weighted by Crippen LogP contribution is -2.25. The number of nitrogens with zero attached hydrogens (tertiary/aromatic N) is 1. The Hall–Kier alpha value is -2.11. The maximum Gasteiger partial charge on any atom is 0.407 e. The highest BCUT2D eigenvalue weighted by Crippen LogP contribution is 2.12. The van der Waals surface area contributed by atoms with Crippen molar-refractivity contribution >= 4 is 11.8 Å². The topological polar surface area (TPSA) is 81.5 Å². The van der Waals surface area contributed by atoms with Gasteiger partial charge in [0.05, 0.1) is 4.92 Å². The number of nitrogens with one attached hydrogen (secondary N) is 1. The number of hydrogen-bond donors (Lipinski definition) is 1. The van der Waals surface area contributed by atoms with Gasteiger partial charge < -0.3 is 10.1 Å². The van der Waals surface area contributed by atoms with Crippen molar-refractivity contribution in [3.63, 3.8) is 0 Å². The molecule has 6 heteroatoms. The number of hydrogen-bond acceptors (Lipinski definition) is 4. The third kappa shape index (κ3) is 6.17. The van der Waals surface area contributed by atoms with Crippen molar-refractivity contribution in [1.82, 2.24) is 5.32 Å². The normalized spacial score (nSPS) is 10.1. The molecule has 0 unspecified atom stereocenters. The van der Waals surface area contributed by atoms with Crippen LogP contribution in [0.1, 0.15) is 38.2 Å². The Morgan fingerprint density at radius 3 is 2.55 bits per heavy atom. The molecule has 0 atom stereocenters. The number of nitro benzene ring substituents is 1. The summed E-state index contributed by atoms with van der Waals surface area (Å²) in [6, 6.07) is 5.93. The van der Waals surface area contributed by atoms with Crippen molar-refractivity contribution in [2.75, 3.05) is 6.54 Å². The van der Waals surface area contributed by atoms with Crippen LogP contribution in [0.25, 0.3) is 0 Å². The summed E-state index contributed by atoms with van der Waals surface area (Å²) in [5.74, 6) is 0. The van der Waals surface area contributed by atoms with Crippen LogP contribution in [-0.4, -0.2) is 17.6 Å². The van der Waals surface area contributed by atoms with Gasteiger partial charge in [0.1, 0.15) is 6.61 Å². The maximum absolute atomic E-state index is 11.4. The molecular weight excluding hydrogens is 260 g/mol. The number of benzene rings is 1. The van der Waals surface area contributed by atoms with Crippen molar-refractivity contribution < 1.29 is 14.5 Å². The Balaban J connectivity index is 2.22. The van der Waals surface area contributed by atoms with Crippen LogP contribution in [0, 0.1) is 10.1 Å². The molecule has 0 aliphatic carbocycles. The molecule has 20 heavy (non-hydrogen) atoms. The number of nitro groups is 1. The highest BCUT2D eigenvalue weighted by molar-refractivity contribution is 5.67. The first-order valence-corrected chi connectivity index (χ1v) is 6.77. The molecule has 1 N–H and O–H groups in total. The Kier molecular flexibility index (Phi) is 7.10. The monoisotopic (exact) mass is 280 g/mol. The minimum Gasteiger partial charge on any atom is -0.445 e. The van der Waals surface area contributed by atoms with Gasteiger partial charge >= 0.3 is 6.09 Å². The molecular formula is C14H20N2O4. The van der Waals surface area contributed by atoms with Crippen LogP contribution in [0.3, 0.4) is 0 Å². The molecule has 0 radical (unpaired) electrons. The van der Waals surface area contributed by atoms with E-state index < -0.39 is 11.0 Å². The molecule has 0 heterocycles. The number of unbranched alkanes of at least 4 members (excludes halogenated alkanes) is 3. The lowest BCUT2D eigenvalue weighted by atomic mass is 10.2. The molecule has 0 saturated carbocycles. The molecule has 1 rings (SSSR count). The highest BCUT2D eigenvalue weighted by Gasteiger charge is 2.05. The Labute approximate surface area is 118 Å². The van der Waals surface area contributed by atoms with Crippen LogP contribution in [0.4, 0.5) is 10.5 Å². The molecule has 1 aromatic rings. The number of non-ortho nitro benzene ring substituents is 1. The standard InChI is InChI=1S/C14H20N2O4/c1-2-3-4-5-10-15-14(17)20-11-12-6-8-13(9-7-12)16(18)19/h6-9H,2-5,10-11H2,1H3,(H,15,17). The quantitative estimate of drug-likeness (QED) is 0.449. The van der Waals surface area contributed by atoms with E-state index in [0.29, 0.717) is 6.54 Å². The fourth-order valence-electron chi connectivity index (χ4n) is 1.66. The predicted molar refractivity (Wildman–Crippen MR) is 75.4 cm³/mol. The van der Waals surface area contributed by atoms with Crippen molar-refractivity contribution in [3.05, 3.63) is 39.9 Å². The molecule has 0 fully saturated rings. The second-order valence-corrected chi connectivity index (χ2v) is 4.49. The summed E-state index contributed by atoms with van der Waals surface area (Å²) in [5.41, 5.74) is 0.742. The van der Waals surface area contributed by atoms with Gasteiger partial charge in [0.2, 0.25) is 0 Å². The summed E-state index contributed by atoms with van der Waals surface area (Å²) in [6.45, 7) is 2.85. The minimum atomic E-state index is -0.465. The summed E-state index contributed by atoms with van der Waals surface area (Å²) >= 11 is 0. The lowest BCUT2D eigenvalue weighted by Gasteiger charge is -2.06. The molecule has 0 aliphatic heterocycles. The second-order valence-electron chi connectivity index (χ2n) is 4.49. The smallest absolute Gasteiger partial charge is 0.407 e. The van der Waals surface area contributed by atoms with Gasteiger partial charge in [-0.2, -0.15) is 0 Å². The molecule has 0 saturated heterocycles. The number of carbonyl (C=O) groups excluding carboxylic acids is 1. The zero-order chi connectivity index (χ0) is 14.8. The summed E-state index contributed by atoms with van der Waals surface area (Å²) < 4.78 is 5.02. The molecule has 0 spiro atoms. The van der Waals surface area contributed by atoms with Crippen LogP contribution >= 0.6 is 0 Å². The summed E-state index contributed by atoms with van der Waals surface area (Å²) in [6.07, 6.45) is 3.91. The van der Waals surface area contributed by atoms with Gasteiger partial charge in [-0.3, -0.25) is 10.1 Å². The minimum absolute atomic E-state index is 0.0223. The van der Waals surface area contributed by atoms with Gasteiger partial charge in [0, 0.05) is 18.7 Å². The van der Waals surface area contributed by atoms with Gasteiger partial charge in [-0.1, -0.05) is 26.2 Å². The van der Waals surface area contributed by atoms with Crippen molar-refractivity contribution in [2.45, 2.75) is 39.2 Å². The lowest BCUT2D eigenvalue weighted by molar-refractivity contribution is -0.384. The van der Waals surface area contributed by atoms with E-state index in [9.17, 15) is 14.9 Å². The molecule has 110 valence electrons. The number of amides is 1. The Morgan fingerprint density at radius 2 is 1.95 bits per heavy atom. The summed E-state index contributed by atoms with van der Waals surface area (Å²) in [5, 5.41) is 13.2. The molecule has 1 amide bonds. The van der Waals surface area contributed by atoms with Gasteiger partial charge in [-0.15, -0.1) is 0 Å². The predicted octanol–water partition coefficient (Wildman–Crippen LogP) is 3.40. The first-order chi connectivity index (χ1) is 9.63. The largest absolute Gasteiger partial charge is 0.445 e. The Bertz CT molecular complexity index is 431. The molecule has 0 bridgehead atoms. The van der Waals surface area contributed by atoms with E-state index in [0.717, 1.165) is 24.8 Å². The summed E-state index contributed by atoms with van der Waals surface area (Å²) in [7, 11) is 0. The zero-order valence-corrected chi connectivity index (χ0v) is 11.6. The van der Waals surface area contributed by atoms with Gasteiger partial charge in [-0.25, -0.2) is 4.79 Å². The number of alkyl carbamates (subject to hydrolysis) is 1. The van der Waals surface area contributed by atoms with Crippen LogP contribution in [0.2, 0.25) is 0 Å². The Morgan fingerprint density at radius 1 is 1.25 bits per heavy atom. The van der Waals surface area contributed by atoms with E-state index in [1.54, 1.807) is 12.1 Å². The zero-order valence-electron chi connectivity index (χ0n) is 11.6. The van der Waals surface area contributed by atoms with E-state index in [1.165, 1.54) is 18.6 Å². The highest BCUT2D eigenvalue weighted by atomic mass is 16.6. The van der Waals surface area contributed by atoms with Crippen LogP contribution < -0.4 is 5.32 Å². The van der Waals surface area contributed by atoms with Crippen molar-refractivity contribution in [1.29, 1.82) is 0 Å². The van der Waals surface area contributed by atoms with E-state index in [2.05, 4.69) is 12.2 Å². The van der Waals surface area contributed by atoms with Crippen molar-refractivity contribution in [3.8, 4) is 0 Å². The van der Waals surface area contributed by atoms with Gasteiger partial charge in [0.25, 0.3) is 5.69 Å². The summed E-state index contributed by atoms with van der Waals surface area (Å²) in [4.78, 5) is 21.4. The number of carbonyl (C=O) groups is 1. The number of rotatable bonds is 8. The third-order valence-corrected chi connectivity index (χ3v) is 2.82. The average Bonchev–Trinajstić information content (AvgIpc) is 2.45. The fourth-order valence-corrected chi connectivity index (χ4v) is 1.66. The first kappa shape index (κ1) is 15.9. The molecule has 0 aromatic heterocycles. The SMILES string of the molecule is CCCCCCNC(=O)OCc1ccc([N+](=O)[O-])cc1. The second kappa shape index (κ2) is 8.90. The van der Waals surface area contributed by atoms with Gasteiger partial charge in [-0.05, 0) is 24.1 Å². The van der Waals surface area contributed by atoms with E-state index in [-0.39, 0.29) is 12.3 Å². The fraction of sp³-hybridized carbons (Fsp3) is 0.500. The number of ether oxygens (including phenoxy) is 1. The van der Waals surface area contributed by atoms with Crippen LogP contribution in [-0.2, 0) is 11.3 Å². The van der Waals surface area contributed by atoms with Gasteiger partial charge in [0.15, 0.2) is 0 Å². The first-order valence-electron chi connectivity index (χ1n) is 6.77. The van der Waals surface area contributed by atoms with E-state index in [4.69, 9.17) is 4.74 Å². The average molecular weight is 280 g/mol. The maximum atomic E-state index is 11.4. The molecule has 0 aliphatic rings. The van der Waals surface area contributed by atoms with E-state index in [1.807, 2.05) is 0 Å². The van der Waals surface area contributed by atoms with E-state index >= 15 is 0 Å². The van der Waals surface area contributed by atoms with Crippen LogP contribution in [0.15, 0.2) is 24.3 Å².